The highest BCUT2D eigenvalue weighted by atomic mass is 35.5. The number of pyridine rings is 1. The van der Waals surface area contributed by atoms with Crippen molar-refractivity contribution in [1.29, 1.82) is 0 Å². The van der Waals surface area contributed by atoms with E-state index in [1.165, 1.54) is 11.1 Å². The van der Waals surface area contributed by atoms with Gasteiger partial charge in [-0.2, -0.15) is 0 Å². The highest BCUT2D eigenvalue weighted by molar-refractivity contribution is 6.36. The zero-order valence-electron chi connectivity index (χ0n) is 11.3. The van der Waals surface area contributed by atoms with Gasteiger partial charge < -0.3 is 0 Å². The lowest BCUT2D eigenvalue weighted by Gasteiger charge is -2.11. The van der Waals surface area contributed by atoms with Crippen LogP contribution in [0.2, 0.25) is 5.02 Å². The number of fused-ring (bicyclic) bond motifs is 2. The average molecular weight is 290 g/mol. The third-order valence-electron chi connectivity index (χ3n) is 3.72. The molecule has 0 aliphatic heterocycles. The molecule has 2 heteroatoms. The van der Waals surface area contributed by atoms with Crippen LogP contribution in [0.25, 0.3) is 32.9 Å². The van der Waals surface area contributed by atoms with Crippen molar-refractivity contribution in [2.45, 2.75) is 0 Å². The van der Waals surface area contributed by atoms with Gasteiger partial charge in [0.1, 0.15) is 0 Å². The SMILES string of the molecule is Clc1cccc2c(-c3ccccc3)c3ccccc3nc12. The van der Waals surface area contributed by atoms with Gasteiger partial charge >= 0.3 is 0 Å². The highest BCUT2D eigenvalue weighted by Crippen LogP contribution is 2.36. The molecule has 4 rings (SSSR count). The quantitative estimate of drug-likeness (QED) is 0.409. The van der Waals surface area contributed by atoms with Gasteiger partial charge in [-0.25, -0.2) is 4.98 Å². The van der Waals surface area contributed by atoms with E-state index in [-0.39, 0.29) is 0 Å². The zero-order valence-corrected chi connectivity index (χ0v) is 12.0. The molecule has 0 bridgehead atoms. The van der Waals surface area contributed by atoms with Crippen LogP contribution in [0, 0.1) is 0 Å². The van der Waals surface area contributed by atoms with Gasteiger partial charge in [-0.05, 0) is 17.7 Å². The van der Waals surface area contributed by atoms with E-state index in [0.717, 1.165) is 21.8 Å². The number of hydrogen-bond donors (Lipinski definition) is 0. The molecule has 1 aromatic heterocycles. The Morgan fingerprint density at radius 2 is 1.38 bits per heavy atom. The van der Waals surface area contributed by atoms with E-state index < -0.39 is 0 Å². The summed E-state index contributed by atoms with van der Waals surface area (Å²) in [6.07, 6.45) is 0. The summed E-state index contributed by atoms with van der Waals surface area (Å²) in [6.45, 7) is 0. The maximum Gasteiger partial charge on any atom is 0.0902 e. The van der Waals surface area contributed by atoms with E-state index in [4.69, 9.17) is 16.6 Å². The summed E-state index contributed by atoms with van der Waals surface area (Å²) < 4.78 is 0. The Morgan fingerprint density at radius 1 is 0.667 bits per heavy atom. The molecule has 4 aromatic rings. The lowest BCUT2D eigenvalue weighted by molar-refractivity contribution is 1.49. The Morgan fingerprint density at radius 3 is 2.24 bits per heavy atom. The second kappa shape index (κ2) is 4.87. The van der Waals surface area contributed by atoms with Gasteiger partial charge in [-0.3, -0.25) is 0 Å². The highest BCUT2D eigenvalue weighted by Gasteiger charge is 2.12. The van der Waals surface area contributed by atoms with Gasteiger partial charge in [-0.1, -0.05) is 72.3 Å². The normalized spacial score (nSPS) is 11.1. The van der Waals surface area contributed by atoms with Crippen LogP contribution in [0.1, 0.15) is 0 Å². The van der Waals surface area contributed by atoms with Crippen LogP contribution < -0.4 is 0 Å². The molecule has 1 nitrogen and oxygen atoms in total. The molecule has 0 N–H and O–H groups in total. The first-order valence-corrected chi connectivity index (χ1v) is 7.25. The molecule has 21 heavy (non-hydrogen) atoms. The molecule has 0 atom stereocenters. The third kappa shape index (κ3) is 1.98. The molecule has 0 aliphatic carbocycles. The van der Waals surface area contributed by atoms with Gasteiger partial charge in [0.15, 0.2) is 0 Å². The van der Waals surface area contributed by atoms with Crippen LogP contribution in [0.4, 0.5) is 0 Å². The molecule has 0 aliphatic rings. The molecule has 100 valence electrons. The standard InChI is InChI=1S/C19H12ClN/c20-16-11-6-10-15-18(13-7-2-1-3-8-13)14-9-4-5-12-17(14)21-19(15)16/h1-12H. The third-order valence-corrected chi connectivity index (χ3v) is 4.03. The Bertz CT molecular complexity index is 945. The van der Waals surface area contributed by atoms with Crippen LogP contribution >= 0.6 is 11.6 Å². The maximum absolute atomic E-state index is 6.35. The number of para-hydroxylation sites is 2. The molecule has 0 fully saturated rings. The lowest BCUT2D eigenvalue weighted by atomic mass is 9.96. The van der Waals surface area contributed by atoms with Gasteiger partial charge in [0, 0.05) is 16.3 Å². The molecule has 0 saturated heterocycles. The minimum atomic E-state index is 0.690. The van der Waals surface area contributed by atoms with Crippen LogP contribution in [0.5, 0.6) is 0 Å². The summed E-state index contributed by atoms with van der Waals surface area (Å²) in [4.78, 5) is 4.73. The van der Waals surface area contributed by atoms with Crippen molar-refractivity contribution in [2.75, 3.05) is 0 Å². The molecular formula is C19H12ClN. The van der Waals surface area contributed by atoms with Crippen LogP contribution in [-0.2, 0) is 0 Å². The van der Waals surface area contributed by atoms with Crippen LogP contribution in [0.15, 0.2) is 72.8 Å². The molecule has 3 aromatic carbocycles. The summed E-state index contributed by atoms with van der Waals surface area (Å²) in [7, 11) is 0. The first-order chi connectivity index (χ1) is 10.3. The summed E-state index contributed by atoms with van der Waals surface area (Å²) in [6, 6.07) is 24.6. The first-order valence-electron chi connectivity index (χ1n) is 6.87. The number of hydrogen-bond acceptors (Lipinski definition) is 1. The monoisotopic (exact) mass is 289 g/mol. The van der Waals surface area contributed by atoms with E-state index >= 15 is 0 Å². The summed E-state index contributed by atoms with van der Waals surface area (Å²) >= 11 is 6.35. The Kier molecular flexibility index (Phi) is 2.87. The largest absolute Gasteiger partial charge is 0.246 e. The predicted octanol–water partition coefficient (Wildman–Crippen LogP) is 5.71. The molecule has 0 radical (unpaired) electrons. The van der Waals surface area contributed by atoms with Crippen molar-refractivity contribution in [1.82, 2.24) is 4.98 Å². The molecule has 1 heterocycles. The number of halogens is 1. The van der Waals surface area contributed by atoms with Gasteiger partial charge in [-0.15, -0.1) is 0 Å². The number of rotatable bonds is 1. The fraction of sp³-hybridized carbons (Fsp3) is 0. The van der Waals surface area contributed by atoms with Crippen molar-refractivity contribution in [3.05, 3.63) is 77.8 Å². The van der Waals surface area contributed by atoms with Crippen LogP contribution in [-0.4, -0.2) is 4.98 Å². The second-order valence-corrected chi connectivity index (χ2v) is 5.41. The van der Waals surface area contributed by atoms with E-state index in [2.05, 4.69) is 36.4 Å². The molecular weight excluding hydrogens is 278 g/mol. The zero-order chi connectivity index (χ0) is 14.2. The predicted molar refractivity (Wildman–Crippen MR) is 89.7 cm³/mol. The van der Waals surface area contributed by atoms with E-state index in [1.54, 1.807) is 0 Å². The van der Waals surface area contributed by atoms with E-state index in [1.807, 2.05) is 36.4 Å². The fourth-order valence-corrected chi connectivity index (χ4v) is 3.01. The molecule has 0 spiro atoms. The number of aromatic nitrogens is 1. The van der Waals surface area contributed by atoms with Gasteiger partial charge in [0.05, 0.1) is 16.1 Å². The van der Waals surface area contributed by atoms with Crippen molar-refractivity contribution >= 4 is 33.4 Å². The van der Waals surface area contributed by atoms with Crippen molar-refractivity contribution < 1.29 is 0 Å². The second-order valence-electron chi connectivity index (χ2n) is 5.01. The van der Waals surface area contributed by atoms with Crippen LogP contribution in [0.3, 0.4) is 0 Å². The topological polar surface area (TPSA) is 12.9 Å². The van der Waals surface area contributed by atoms with Gasteiger partial charge in [0.2, 0.25) is 0 Å². The minimum Gasteiger partial charge on any atom is -0.246 e. The van der Waals surface area contributed by atoms with Gasteiger partial charge in [0.25, 0.3) is 0 Å². The van der Waals surface area contributed by atoms with Crippen molar-refractivity contribution in [2.24, 2.45) is 0 Å². The molecule has 0 amide bonds. The smallest absolute Gasteiger partial charge is 0.0902 e. The average Bonchev–Trinajstić information content (AvgIpc) is 2.54. The Balaban J connectivity index is 2.26. The summed E-state index contributed by atoms with van der Waals surface area (Å²) in [5, 5.41) is 2.93. The number of benzene rings is 3. The lowest BCUT2D eigenvalue weighted by Crippen LogP contribution is -1.89. The number of nitrogens with zero attached hydrogens (tertiary/aromatic N) is 1. The van der Waals surface area contributed by atoms with Crippen molar-refractivity contribution in [3.63, 3.8) is 0 Å². The Labute approximate surface area is 127 Å². The van der Waals surface area contributed by atoms with E-state index in [0.29, 0.717) is 5.02 Å². The molecule has 0 saturated carbocycles. The summed E-state index contributed by atoms with van der Waals surface area (Å²) in [5.41, 5.74) is 4.20. The fourth-order valence-electron chi connectivity index (χ4n) is 2.79. The Hall–Kier alpha value is -2.38. The van der Waals surface area contributed by atoms with Crippen molar-refractivity contribution in [3.8, 4) is 11.1 Å². The first kappa shape index (κ1) is 12.4. The maximum atomic E-state index is 6.35. The minimum absolute atomic E-state index is 0.690. The summed E-state index contributed by atoms with van der Waals surface area (Å²) in [5.74, 6) is 0. The molecule has 0 unspecified atom stereocenters. The van der Waals surface area contributed by atoms with E-state index in [9.17, 15) is 0 Å².